The van der Waals surface area contributed by atoms with Gasteiger partial charge in [-0.3, -0.25) is 9.59 Å². The minimum absolute atomic E-state index is 0.111. The second kappa shape index (κ2) is 8.65. The summed E-state index contributed by atoms with van der Waals surface area (Å²) in [5, 5.41) is 12.0. The summed E-state index contributed by atoms with van der Waals surface area (Å²) in [5.74, 6) is -0.574. The maximum atomic E-state index is 12.5. The topological polar surface area (TPSA) is 94.1 Å². The highest BCUT2D eigenvalue weighted by Crippen LogP contribution is 2.25. The van der Waals surface area contributed by atoms with Gasteiger partial charge in [0.15, 0.2) is 0 Å². The zero-order valence-electron chi connectivity index (χ0n) is 13.7. The van der Waals surface area contributed by atoms with Crippen molar-refractivity contribution < 1.29 is 28.9 Å². The average molecular weight is 337 g/mol. The van der Waals surface area contributed by atoms with E-state index in [0.717, 1.165) is 0 Å². The summed E-state index contributed by atoms with van der Waals surface area (Å²) in [6, 6.07) is 6.73. The summed E-state index contributed by atoms with van der Waals surface area (Å²) in [5.41, 5.74) is -0.292. The standard InChI is InChI=1S/C17H23NO6/c1-22-10-11-24-14-4-2-13(3-5-14)16(21)18-17(12-15(19)20)6-8-23-9-7-17/h2-5H,6-12H2,1H3,(H,18,21)(H,19,20). The molecular weight excluding hydrogens is 314 g/mol. The van der Waals surface area contributed by atoms with Crippen LogP contribution in [0.2, 0.25) is 0 Å². The van der Waals surface area contributed by atoms with Crippen molar-refractivity contribution in [1.29, 1.82) is 0 Å². The van der Waals surface area contributed by atoms with Gasteiger partial charge in [-0.2, -0.15) is 0 Å². The first kappa shape index (κ1) is 18.2. The van der Waals surface area contributed by atoms with E-state index in [1.54, 1.807) is 31.4 Å². The fraction of sp³-hybridized carbons (Fsp3) is 0.529. The fourth-order valence-electron chi connectivity index (χ4n) is 2.66. The van der Waals surface area contributed by atoms with Crippen LogP contribution < -0.4 is 10.1 Å². The molecule has 132 valence electrons. The van der Waals surface area contributed by atoms with Gasteiger partial charge < -0.3 is 24.6 Å². The molecule has 1 aliphatic rings. The summed E-state index contributed by atoms with van der Waals surface area (Å²) in [6.07, 6.45) is 0.868. The number of amides is 1. The summed E-state index contributed by atoms with van der Waals surface area (Å²) in [4.78, 5) is 23.6. The lowest BCUT2D eigenvalue weighted by Crippen LogP contribution is -2.53. The molecule has 2 N–H and O–H groups in total. The third-order valence-corrected chi connectivity index (χ3v) is 3.99. The summed E-state index contributed by atoms with van der Waals surface area (Å²) < 4.78 is 15.6. The normalized spacial score (nSPS) is 16.4. The van der Waals surface area contributed by atoms with E-state index in [9.17, 15) is 9.59 Å². The molecular formula is C17H23NO6. The lowest BCUT2D eigenvalue weighted by Gasteiger charge is -2.36. The van der Waals surface area contributed by atoms with Crippen molar-refractivity contribution in [3.8, 4) is 5.75 Å². The Labute approximate surface area is 140 Å². The molecule has 2 rings (SSSR count). The van der Waals surface area contributed by atoms with E-state index in [1.807, 2.05) is 0 Å². The van der Waals surface area contributed by atoms with Gasteiger partial charge in [0.1, 0.15) is 12.4 Å². The van der Waals surface area contributed by atoms with Crippen LogP contribution in [0.3, 0.4) is 0 Å². The van der Waals surface area contributed by atoms with Crippen molar-refractivity contribution in [2.45, 2.75) is 24.8 Å². The number of carboxylic acids is 1. The van der Waals surface area contributed by atoms with Gasteiger partial charge in [0.25, 0.3) is 5.91 Å². The van der Waals surface area contributed by atoms with Gasteiger partial charge in [-0.1, -0.05) is 0 Å². The Kier molecular flexibility index (Phi) is 6.57. The number of rotatable bonds is 8. The molecule has 0 unspecified atom stereocenters. The predicted molar refractivity (Wildman–Crippen MR) is 86.3 cm³/mol. The van der Waals surface area contributed by atoms with Crippen molar-refractivity contribution >= 4 is 11.9 Å². The quantitative estimate of drug-likeness (QED) is 0.698. The highest BCUT2D eigenvalue weighted by molar-refractivity contribution is 5.95. The molecule has 1 fully saturated rings. The fourth-order valence-corrected chi connectivity index (χ4v) is 2.66. The Morgan fingerprint density at radius 1 is 1.21 bits per heavy atom. The molecule has 0 radical (unpaired) electrons. The van der Waals surface area contributed by atoms with Gasteiger partial charge in [0.05, 0.1) is 18.6 Å². The maximum Gasteiger partial charge on any atom is 0.305 e. The zero-order valence-corrected chi connectivity index (χ0v) is 13.7. The minimum Gasteiger partial charge on any atom is -0.491 e. The van der Waals surface area contributed by atoms with Crippen LogP contribution in [0.1, 0.15) is 29.6 Å². The number of hydrogen-bond acceptors (Lipinski definition) is 5. The van der Waals surface area contributed by atoms with Crippen molar-refractivity contribution in [2.75, 3.05) is 33.5 Å². The van der Waals surface area contributed by atoms with Crippen LogP contribution in [0.5, 0.6) is 5.75 Å². The van der Waals surface area contributed by atoms with E-state index in [4.69, 9.17) is 19.3 Å². The van der Waals surface area contributed by atoms with Gasteiger partial charge in [-0.15, -0.1) is 0 Å². The minimum atomic E-state index is -0.931. The molecule has 0 spiro atoms. The molecule has 0 aromatic heterocycles. The Bertz CT molecular complexity index is 551. The van der Waals surface area contributed by atoms with E-state index in [0.29, 0.717) is 50.6 Å². The van der Waals surface area contributed by atoms with Gasteiger partial charge in [-0.25, -0.2) is 0 Å². The van der Waals surface area contributed by atoms with E-state index >= 15 is 0 Å². The number of carbonyl (C=O) groups excluding carboxylic acids is 1. The molecule has 1 saturated heterocycles. The van der Waals surface area contributed by atoms with Crippen molar-refractivity contribution in [1.82, 2.24) is 5.32 Å². The highest BCUT2D eigenvalue weighted by Gasteiger charge is 2.36. The van der Waals surface area contributed by atoms with Crippen LogP contribution >= 0.6 is 0 Å². The molecule has 0 saturated carbocycles. The largest absolute Gasteiger partial charge is 0.491 e. The number of benzene rings is 1. The molecule has 1 heterocycles. The van der Waals surface area contributed by atoms with E-state index in [-0.39, 0.29) is 12.3 Å². The van der Waals surface area contributed by atoms with Gasteiger partial charge in [0, 0.05) is 25.9 Å². The van der Waals surface area contributed by atoms with E-state index in [1.165, 1.54) is 0 Å². The summed E-state index contributed by atoms with van der Waals surface area (Å²) in [7, 11) is 1.60. The number of methoxy groups -OCH3 is 1. The average Bonchev–Trinajstić information content (AvgIpc) is 2.55. The zero-order chi connectivity index (χ0) is 17.4. The Morgan fingerprint density at radius 3 is 2.46 bits per heavy atom. The number of hydrogen-bond donors (Lipinski definition) is 2. The molecule has 7 nitrogen and oxygen atoms in total. The van der Waals surface area contributed by atoms with Gasteiger partial charge >= 0.3 is 5.97 Å². The van der Waals surface area contributed by atoms with E-state index < -0.39 is 11.5 Å². The first-order valence-electron chi connectivity index (χ1n) is 7.88. The lowest BCUT2D eigenvalue weighted by atomic mass is 9.86. The number of aliphatic carboxylic acids is 1. The van der Waals surface area contributed by atoms with Crippen LogP contribution in [0, 0.1) is 0 Å². The molecule has 24 heavy (non-hydrogen) atoms. The second-order valence-corrected chi connectivity index (χ2v) is 5.78. The lowest BCUT2D eigenvalue weighted by molar-refractivity contribution is -0.139. The molecule has 0 aliphatic carbocycles. The Hall–Kier alpha value is -2.12. The maximum absolute atomic E-state index is 12.5. The smallest absolute Gasteiger partial charge is 0.305 e. The van der Waals surface area contributed by atoms with E-state index in [2.05, 4.69) is 5.32 Å². The SMILES string of the molecule is COCCOc1ccc(C(=O)NC2(CC(=O)O)CCOCC2)cc1. The number of carbonyl (C=O) groups is 2. The number of ether oxygens (including phenoxy) is 3. The summed E-state index contributed by atoms with van der Waals surface area (Å²) >= 11 is 0. The highest BCUT2D eigenvalue weighted by atomic mass is 16.5. The van der Waals surface area contributed by atoms with Crippen LogP contribution in [0.4, 0.5) is 0 Å². The molecule has 1 aromatic rings. The van der Waals surface area contributed by atoms with Crippen LogP contribution in [-0.2, 0) is 14.3 Å². The predicted octanol–water partition coefficient (Wildman–Crippen LogP) is 1.47. The van der Waals surface area contributed by atoms with Crippen LogP contribution in [0.25, 0.3) is 0 Å². The third kappa shape index (κ3) is 5.21. The molecule has 0 atom stereocenters. The monoisotopic (exact) mass is 337 g/mol. The Balaban J connectivity index is 2.00. The molecule has 1 aromatic carbocycles. The van der Waals surface area contributed by atoms with Crippen LogP contribution in [0.15, 0.2) is 24.3 Å². The van der Waals surface area contributed by atoms with Crippen molar-refractivity contribution in [3.05, 3.63) is 29.8 Å². The van der Waals surface area contributed by atoms with Crippen molar-refractivity contribution in [3.63, 3.8) is 0 Å². The molecule has 1 aliphatic heterocycles. The summed E-state index contributed by atoms with van der Waals surface area (Å²) in [6.45, 7) is 1.81. The Morgan fingerprint density at radius 2 is 1.88 bits per heavy atom. The third-order valence-electron chi connectivity index (χ3n) is 3.99. The van der Waals surface area contributed by atoms with Gasteiger partial charge in [-0.05, 0) is 37.1 Å². The number of carboxylic acid groups (broad SMARTS) is 1. The molecule has 7 heteroatoms. The van der Waals surface area contributed by atoms with Crippen LogP contribution in [-0.4, -0.2) is 56.1 Å². The first-order valence-corrected chi connectivity index (χ1v) is 7.88. The van der Waals surface area contributed by atoms with Crippen molar-refractivity contribution in [2.24, 2.45) is 0 Å². The number of nitrogens with one attached hydrogen (secondary N) is 1. The molecule has 0 bridgehead atoms. The second-order valence-electron chi connectivity index (χ2n) is 5.78. The van der Waals surface area contributed by atoms with Gasteiger partial charge in [0.2, 0.25) is 0 Å². The molecule has 1 amide bonds. The first-order chi connectivity index (χ1) is 11.5.